The first kappa shape index (κ1) is 15.6. The highest BCUT2D eigenvalue weighted by Gasteiger charge is 2.38. The molecular formula is C10H18ClNO3Si. The van der Waals surface area contributed by atoms with Gasteiger partial charge in [0.15, 0.2) is 0 Å². The van der Waals surface area contributed by atoms with Gasteiger partial charge in [-0.2, -0.15) is 0 Å². The number of hydrogen-bond acceptors (Lipinski definition) is 4. The summed E-state index contributed by atoms with van der Waals surface area (Å²) in [5.41, 5.74) is 1.17. The van der Waals surface area contributed by atoms with Crippen molar-refractivity contribution >= 4 is 21.4 Å². The molecular weight excluding hydrogens is 246 g/mol. The number of halogens is 1. The first-order chi connectivity index (χ1) is 7.26. The molecule has 0 aliphatic heterocycles. The predicted octanol–water partition coefficient (Wildman–Crippen LogP) is 1.57. The molecule has 0 heterocycles. The zero-order chi connectivity index (χ0) is 11.1. The highest BCUT2D eigenvalue weighted by atomic mass is 35.5. The van der Waals surface area contributed by atoms with Gasteiger partial charge >= 0.3 is 8.97 Å². The normalized spacial score (nSPS) is 10.9. The van der Waals surface area contributed by atoms with Crippen LogP contribution in [0.1, 0.15) is 5.56 Å². The largest absolute Gasteiger partial charge is 0.596 e. The third kappa shape index (κ3) is 4.21. The molecule has 1 N–H and O–H groups in total. The molecule has 92 valence electrons. The second-order valence-corrected chi connectivity index (χ2v) is 5.70. The van der Waals surface area contributed by atoms with Crippen molar-refractivity contribution in [3.8, 4) is 0 Å². The van der Waals surface area contributed by atoms with Gasteiger partial charge in [-0.15, -0.1) is 12.4 Å². The Morgan fingerprint density at radius 1 is 1.00 bits per heavy atom. The molecule has 0 fully saturated rings. The monoisotopic (exact) mass is 263 g/mol. The summed E-state index contributed by atoms with van der Waals surface area (Å²) in [5.74, 6) is 0. The fourth-order valence-corrected chi connectivity index (χ4v) is 2.63. The SMILES string of the molecule is CO[Si](NCc1ccccc1)(OC)OC.Cl. The fourth-order valence-electron chi connectivity index (χ4n) is 1.27. The van der Waals surface area contributed by atoms with E-state index in [0.717, 1.165) is 0 Å². The summed E-state index contributed by atoms with van der Waals surface area (Å²) in [6.07, 6.45) is 0. The minimum atomic E-state index is -2.65. The van der Waals surface area contributed by atoms with Crippen LogP contribution < -0.4 is 4.98 Å². The van der Waals surface area contributed by atoms with E-state index in [2.05, 4.69) is 4.98 Å². The maximum absolute atomic E-state index is 5.24. The fraction of sp³-hybridized carbons (Fsp3) is 0.400. The molecule has 0 radical (unpaired) electrons. The maximum atomic E-state index is 5.24. The highest BCUT2D eigenvalue weighted by molar-refractivity contribution is 6.57. The molecule has 0 amide bonds. The number of rotatable bonds is 6. The maximum Gasteiger partial charge on any atom is 0.596 e. The van der Waals surface area contributed by atoms with Gasteiger partial charge in [0.1, 0.15) is 0 Å². The Bertz CT molecular complexity index is 274. The van der Waals surface area contributed by atoms with Gasteiger partial charge in [-0.05, 0) is 5.56 Å². The Labute approximate surface area is 104 Å². The molecule has 0 spiro atoms. The third-order valence-electron chi connectivity index (χ3n) is 2.16. The molecule has 0 atom stereocenters. The molecule has 16 heavy (non-hydrogen) atoms. The van der Waals surface area contributed by atoms with Crippen LogP contribution in [0.25, 0.3) is 0 Å². The zero-order valence-corrected chi connectivity index (χ0v) is 11.5. The molecule has 4 nitrogen and oxygen atoms in total. The van der Waals surface area contributed by atoms with E-state index in [1.54, 1.807) is 21.3 Å². The number of nitrogens with one attached hydrogen (secondary N) is 1. The van der Waals surface area contributed by atoms with Gasteiger partial charge in [0.05, 0.1) is 0 Å². The van der Waals surface area contributed by atoms with Gasteiger partial charge in [0, 0.05) is 27.9 Å². The van der Waals surface area contributed by atoms with Crippen LogP contribution >= 0.6 is 12.4 Å². The summed E-state index contributed by atoms with van der Waals surface area (Å²) in [6, 6.07) is 10.0. The Morgan fingerprint density at radius 3 is 1.94 bits per heavy atom. The van der Waals surface area contributed by atoms with Crippen LogP contribution in [0, 0.1) is 0 Å². The van der Waals surface area contributed by atoms with Gasteiger partial charge in [-0.25, -0.2) is 0 Å². The van der Waals surface area contributed by atoms with E-state index in [9.17, 15) is 0 Å². The molecule has 0 unspecified atom stereocenters. The summed E-state index contributed by atoms with van der Waals surface area (Å²) < 4.78 is 15.7. The molecule has 1 aromatic carbocycles. The lowest BCUT2D eigenvalue weighted by molar-refractivity contribution is 0.109. The zero-order valence-electron chi connectivity index (χ0n) is 9.73. The van der Waals surface area contributed by atoms with Crippen LogP contribution in [0.15, 0.2) is 30.3 Å². The summed E-state index contributed by atoms with van der Waals surface area (Å²) >= 11 is 0. The van der Waals surface area contributed by atoms with Crippen molar-refractivity contribution in [1.82, 2.24) is 4.98 Å². The highest BCUT2D eigenvalue weighted by Crippen LogP contribution is 2.04. The Morgan fingerprint density at radius 2 is 1.50 bits per heavy atom. The summed E-state index contributed by atoms with van der Waals surface area (Å²) in [5, 5.41) is 0. The molecule has 1 aromatic rings. The van der Waals surface area contributed by atoms with Crippen LogP contribution in [-0.4, -0.2) is 30.3 Å². The van der Waals surface area contributed by atoms with E-state index in [0.29, 0.717) is 6.54 Å². The van der Waals surface area contributed by atoms with Crippen LogP contribution in [0.5, 0.6) is 0 Å². The van der Waals surface area contributed by atoms with Gasteiger partial charge < -0.3 is 13.3 Å². The van der Waals surface area contributed by atoms with Crippen LogP contribution in [0.3, 0.4) is 0 Å². The molecule has 0 aromatic heterocycles. The van der Waals surface area contributed by atoms with E-state index in [1.165, 1.54) is 5.56 Å². The standard InChI is InChI=1S/C10H17NO3Si.ClH/c1-12-15(13-2,14-3)11-9-10-7-5-4-6-8-10;/h4-8,11H,9H2,1-3H3;1H. The average Bonchev–Trinajstić information content (AvgIpc) is 2.33. The lowest BCUT2D eigenvalue weighted by Gasteiger charge is -2.24. The van der Waals surface area contributed by atoms with Crippen molar-refractivity contribution in [3.05, 3.63) is 35.9 Å². The van der Waals surface area contributed by atoms with Gasteiger partial charge in [0.2, 0.25) is 0 Å². The first-order valence-electron chi connectivity index (χ1n) is 4.70. The average molecular weight is 264 g/mol. The molecule has 0 saturated carbocycles. The summed E-state index contributed by atoms with van der Waals surface area (Å²) in [7, 11) is 2.09. The van der Waals surface area contributed by atoms with E-state index in [-0.39, 0.29) is 12.4 Å². The van der Waals surface area contributed by atoms with Crippen molar-refractivity contribution < 1.29 is 13.3 Å². The molecule has 6 heteroatoms. The van der Waals surface area contributed by atoms with E-state index >= 15 is 0 Å². The molecule has 0 aliphatic rings. The van der Waals surface area contributed by atoms with Crippen molar-refractivity contribution in [2.45, 2.75) is 6.54 Å². The Hall–Kier alpha value is -0.433. The molecule has 0 bridgehead atoms. The smallest absolute Gasteiger partial charge is 0.364 e. The second-order valence-electron chi connectivity index (χ2n) is 3.01. The van der Waals surface area contributed by atoms with Gasteiger partial charge in [-0.1, -0.05) is 30.3 Å². The van der Waals surface area contributed by atoms with Crippen molar-refractivity contribution in [2.24, 2.45) is 0 Å². The van der Waals surface area contributed by atoms with Crippen molar-refractivity contribution in [1.29, 1.82) is 0 Å². The van der Waals surface area contributed by atoms with Crippen LogP contribution in [0.2, 0.25) is 0 Å². The second kappa shape index (κ2) is 7.78. The van der Waals surface area contributed by atoms with Crippen molar-refractivity contribution in [2.75, 3.05) is 21.3 Å². The van der Waals surface area contributed by atoms with E-state index < -0.39 is 8.97 Å². The Balaban J connectivity index is 0.00000225. The quantitative estimate of drug-likeness (QED) is 0.791. The van der Waals surface area contributed by atoms with Crippen LogP contribution in [-0.2, 0) is 19.8 Å². The lowest BCUT2D eigenvalue weighted by atomic mass is 10.2. The minimum absolute atomic E-state index is 0. The molecule has 0 aliphatic carbocycles. The van der Waals surface area contributed by atoms with E-state index in [1.807, 2.05) is 30.3 Å². The summed E-state index contributed by atoms with van der Waals surface area (Å²) in [4.78, 5) is 3.17. The first-order valence-corrected chi connectivity index (χ1v) is 6.43. The number of benzene rings is 1. The predicted molar refractivity (Wildman–Crippen MR) is 67.3 cm³/mol. The molecule has 0 saturated heterocycles. The Kier molecular flexibility index (Phi) is 7.57. The van der Waals surface area contributed by atoms with Gasteiger partial charge in [-0.3, -0.25) is 4.98 Å². The minimum Gasteiger partial charge on any atom is -0.364 e. The van der Waals surface area contributed by atoms with Gasteiger partial charge in [0.25, 0.3) is 0 Å². The third-order valence-corrected chi connectivity index (χ3v) is 4.38. The topological polar surface area (TPSA) is 39.7 Å². The summed E-state index contributed by atoms with van der Waals surface area (Å²) in [6.45, 7) is 0.669. The molecule has 1 rings (SSSR count). The van der Waals surface area contributed by atoms with Crippen molar-refractivity contribution in [3.63, 3.8) is 0 Å². The van der Waals surface area contributed by atoms with Crippen LogP contribution in [0.4, 0.5) is 0 Å². The van der Waals surface area contributed by atoms with E-state index in [4.69, 9.17) is 13.3 Å². The lowest BCUT2D eigenvalue weighted by Crippen LogP contribution is -2.56. The number of hydrogen-bond donors (Lipinski definition) is 1.